The van der Waals surface area contributed by atoms with Gasteiger partial charge in [-0.3, -0.25) is 28.8 Å². The predicted molar refractivity (Wildman–Crippen MR) is 135 cm³/mol. The molecule has 2 amide bonds. The van der Waals surface area contributed by atoms with Gasteiger partial charge in [0, 0.05) is 7.05 Å². The van der Waals surface area contributed by atoms with Gasteiger partial charge >= 0.3 is 5.69 Å². The molecule has 4 N–H and O–H groups in total. The Labute approximate surface area is 207 Å². The Balaban J connectivity index is 1.66. The normalized spacial score (nSPS) is 11.8. The summed E-state index contributed by atoms with van der Waals surface area (Å²) < 4.78 is 14.3. The molecular formula is C25H29FN6O4. The maximum atomic E-state index is 13.1. The molecule has 10 nitrogen and oxygen atoms in total. The van der Waals surface area contributed by atoms with Gasteiger partial charge in [0.2, 0.25) is 11.8 Å². The van der Waals surface area contributed by atoms with Crippen LogP contribution in [-0.2, 0) is 16.1 Å². The monoisotopic (exact) mass is 496 g/mol. The molecule has 0 bridgehead atoms. The molecule has 0 fully saturated rings. The van der Waals surface area contributed by atoms with Crippen molar-refractivity contribution in [2.24, 2.45) is 0 Å². The lowest BCUT2D eigenvalue weighted by Gasteiger charge is -2.23. The highest BCUT2D eigenvalue weighted by Crippen LogP contribution is 2.17. The number of nitrogens with zero attached hydrogens (tertiary/aromatic N) is 3. The van der Waals surface area contributed by atoms with E-state index in [1.807, 2.05) is 30.3 Å². The Bertz CT molecular complexity index is 1340. The number of nitrogens with one attached hydrogen (secondary N) is 2. The van der Waals surface area contributed by atoms with Gasteiger partial charge in [-0.05, 0) is 37.2 Å². The van der Waals surface area contributed by atoms with E-state index in [4.69, 9.17) is 5.73 Å². The van der Waals surface area contributed by atoms with Crippen LogP contribution in [0, 0.1) is 5.82 Å². The third kappa shape index (κ3) is 6.45. The molecule has 0 spiro atoms. The number of amides is 2. The Morgan fingerprint density at radius 3 is 2.33 bits per heavy atom. The van der Waals surface area contributed by atoms with Crippen LogP contribution in [0.1, 0.15) is 24.1 Å². The van der Waals surface area contributed by atoms with E-state index in [1.54, 1.807) is 26.1 Å². The summed E-state index contributed by atoms with van der Waals surface area (Å²) in [7, 11) is 2.96. The highest BCUT2D eigenvalue weighted by molar-refractivity contribution is 5.96. The molecule has 36 heavy (non-hydrogen) atoms. The second-order valence-corrected chi connectivity index (χ2v) is 8.53. The van der Waals surface area contributed by atoms with Gasteiger partial charge in [0.1, 0.15) is 11.6 Å². The number of likely N-dealkylation sites (N-methyl/N-ethyl adjacent to an activating group) is 2. The van der Waals surface area contributed by atoms with Crippen molar-refractivity contribution in [2.45, 2.75) is 19.5 Å². The van der Waals surface area contributed by atoms with Gasteiger partial charge in [0.05, 0.1) is 25.7 Å². The first-order valence-corrected chi connectivity index (χ1v) is 11.2. The van der Waals surface area contributed by atoms with Gasteiger partial charge in [-0.25, -0.2) is 9.18 Å². The first-order valence-electron chi connectivity index (χ1n) is 11.2. The summed E-state index contributed by atoms with van der Waals surface area (Å²) in [6, 6.07) is 14.5. The fraction of sp³-hybridized carbons (Fsp3) is 0.280. The van der Waals surface area contributed by atoms with Crippen LogP contribution in [0.3, 0.4) is 0 Å². The summed E-state index contributed by atoms with van der Waals surface area (Å²) in [4.78, 5) is 55.0. The third-order valence-corrected chi connectivity index (χ3v) is 5.67. The molecule has 0 unspecified atom stereocenters. The number of rotatable bonds is 9. The van der Waals surface area contributed by atoms with Gasteiger partial charge in [-0.2, -0.15) is 0 Å². The Hall–Kier alpha value is -4.25. The van der Waals surface area contributed by atoms with Crippen LogP contribution in [0.5, 0.6) is 0 Å². The molecule has 11 heteroatoms. The maximum Gasteiger partial charge on any atom is 0.330 e. The van der Waals surface area contributed by atoms with Crippen LogP contribution in [-0.4, -0.2) is 53.5 Å². The molecule has 0 aliphatic rings. The number of hydrogen-bond donors (Lipinski definition) is 3. The number of anilines is 2. The van der Waals surface area contributed by atoms with Crippen molar-refractivity contribution >= 4 is 23.3 Å². The van der Waals surface area contributed by atoms with Gasteiger partial charge in [0.15, 0.2) is 5.69 Å². The standard InChI is InChI=1S/C25H29FN6O4/c1-16(18-9-11-19(26)12-10-18)28-20(33)14-30(2)15-21(34)31(3)22-23(27)32(25(36)29-24(22)35)13-17-7-5-4-6-8-17/h4-12,16H,13-15,27H2,1-3H3,(H,28,33)(H,29,35,36)/t16-/m0/s1. The van der Waals surface area contributed by atoms with Crippen molar-refractivity contribution in [1.29, 1.82) is 0 Å². The van der Waals surface area contributed by atoms with Crippen LogP contribution in [0.15, 0.2) is 64.2 Å². The van der Waals surface area contributed by atoms with Crippen molar-refractivity contribution in [3.05, 3.63) is 92.4 Å². The number of halogens is 1. The molecule has 1 atom stereocenters. The van der Waals surface area contributed by atoms with Crippen LogP contribution >= 0.6 is 0 Å². The molecule has 2 aromatic carbocycles. The second-order valence-electron chi connectivity index (χ2n) is 8.53. The second kappa shape index (κ2) is 11.5. The number of aromatic nitrogens is 2. The van der Waals surface area contributed by atoms with E-state index in [-0.39, 0.29) is 48.9 Å². The predicted octanol–water partition coefficient (Wildman–Crippen LogP) is 1.08. The number of nitrogen functional groups attached to an aromatic ring is 1. The third-order valence-electron chi connectivity index (χ3n) is 5.67. The molecule has 0 radical (unpaired) electrons. The SMILES string of the molecule is C[C@H](NC(=O)CN(C)CC(=O)N(C)c1c(N)n(Cc2ccccc2)c(=O)[nH]c1=O)c1ccc(F)cc1. The quantitative estimate of drug-likeness (QED) is 0.406. The molecule has 3 rings (SSSR count). The molecular weight excluding hydrogens is 467 g/mol. The minimum atomic E-state index is -0.786. The number of hydrogen-bond acceptors (Lipinski definition) is 6. The molecule has 0 saturated carbocycles. The van der Waals surface area contributed by atoms with Gasteiger partial charge in [-0.15, -0.1) is 0 Å². The minimum Gasteiger partial charge on any atom is -0.383 e. The van der Waals surface area contributed by atoms with Crippen molar-refractivity contribution < 1.29 is 14.0 Å². The average Bonchev–Trinajstić information content (AvgIpc) is 2.82. The zero-order valence-corrected chi connectivity index (χ0v) is 20.3. The average molecular weight is 497 g/mol. The van der Waals surface area contributed by atoms with E-state index in [0.29, 0.717) is 0 Å². The zero-order valence-electron chi connectivity index (χ0n) is 20.3. The van der Waals surface area contributed by atoms with Crippen molar-refractivity contribution in [1.82, 2.24) is 19.8 Å². The summed E-state index contributed by atoms with van der Waals surface area (Å²) in [5.41, 5.74) is 6.05. The lowest BCUT2D eigenvalue weighted by atomic mass is 10.1. The Kier molecular flexibility index (Phi) is 8.38. The molecule has 190 valence electrons. The van der Waals surface area contributed by atoms with E-state index in [0.717, 1.165) is 16.0 Å². The highest BCUT2D eigenvalue weighted by Gasteiger charge is 2.23. The maximum absolute atomic E-state index is 13.1. The smallest absolute Gasteiger partial charge is 0.330 e. The molecule has 1 aromatic heterocycles. The molecule has 0 aliphatic carbocycles. The lowest BCUT2D eigenvalue weighted by Crippen LogP contribution is -2.44. The summed E-state index contributed by atoms with van der Waals surface area (Å²) in [6.45, 7) is 1.60. The fourth-order valence-corrected chi connectivity index (χ4v) is 3.71. The summed E-state index contributed by atoms with van der Waals surface area (Å²) in [5.74, 6) is -1.34. The van der Waals surface area contributed by atoms with Crippen molar-refractivity contribution in [2.75, 3.05) is 37.8 Å². The van der Waals surface area contributed by atoms with Gasteiger partial charge in [0.25, 0.3) is 5.56 Å². The molecule has 0 saturated heterocycles. The van der Waals surface area contributed by atoms with Crippen LogP contribution in [0.2, 0.25) is 0 Å². The first-order chi connectivity index (χ1) is 17.1. The number of nitrogens with two attached hydrogens (primary N) is 1. The summed E-state index contributed by atoms with van der Waals surface area (Å²) in [5, 5.41) is 2.79. The zero-order chi connectivity index (χ0) is 26.4. The Morgan fingerprint density at radius 2 is 1.69 bits per heavy atom. The largest absolute Gasteiger partial charge is 0.383 e. The van der Waals surface area contributed by atoms with E-state index in [2.05, 4.69) is 10.3 Å². The number of carbonyl (C=O) groups is 2. The number of benzene rings is 2. The minimum absolute atomic E-state index is 0.0928. The number of carbonyl (C=O) groups excluding carboxylic acids is 2. The van der Waals surface area contributed by atoms with Crippen molar-refractivity contribution in [3.63, 3.8) is 0 Å². The van der Waals surface area contributed by atoms with Crippen molar-refractivity contribution in [3.8, 4) is 0 Å². The highest BCUT2D eigenvalue weighted by atomic mass is 19.1. The topological polar surface area (TPSA) is 134 Å². The van der Waals surface area contributed by atoms with E-state index >= 15 is 0 Å². The van der Waals surface area contributed by atoms with Crippen LogP contribution < -0.4 is 27.2 Å². The molecule has 0 aliphatic heterocycles. The summed E-state index contributed by atoms with van der Waals surface area (Å²) in [6.07, 6.45) is 0. The van der Waals surface area contributed by atoms with Crippen LogP contribution in [0.25, 0.3) is 0 Å². The van der Waals surface area contributed by atoms with Gasteiger partial charge < -0.3 is 16.0 Å². The molecule has 3 aromatic rings. The Morgan fingerprint density at radius 1 is 1.06 bits per heavy atom. The molecule has 1 heterocycles. The van der Waals surface area contributed by atoms with E-state index in [9.17, 15) is 23.6 Å². The lowest BCUT2D eigenvalue weighted by molar-refractivity contribution is -0.124. The first kappa shape index (κ1) is 26.4. The van der Waals surface area contributed by atoms with E-state index < -0.39 is 17.2 Å². The van der Waals surface area contributed by atoms with E-state index in [1.165, 1.54) is 28.6 Å². The number of H-pyrrole nitrogens is 1. The van der Waals surface area contributed by atoms with Crippen LogP contribution in [0.4, 0.5) is 15.9 Å². The number of aromatic amines is 1. The van der Waals surface area contributed by atoms with Gasteiger partial charge in [-0.1, -0.05) is 42.5 Å². The fourth-order valence-electron chi connectivity index (χ4n) is 3.71. The summed E-state index contributed by atoms with van der Waals surface area (Å²) >= 11 is 0.